The third-order valence-corrected chi connectivity index (χ3v) is 4.90. The molecular formula is C28H20O2. The summed E-state index contributed by atoms with van der Waals surface area (Å²) in [5.41, 5.74) is 3.44. The van der Waals surface area contributed by atoms with E-state index < -0.39 is 0 Å². The Bertz CT molecular complexity index is 1080. The van der Waals surface area contributed by atoms with Gasteiger partial charge in [-0.3, -0.25) is 9.59 Å². The van der Waals surface area contributed by atoms with Gasteiger partial charge in [0.2, 0.25) is 0 Å². The van der Waals surface area contributed by atoms with E-state index >= 15 is 0 Å². The molecule has 0 saturated carbocycles. The lowest BCUT2D eigenvalue weighted by Gasteiger charge is -2.16. The van der Waals surface area contributed by atoms with Crippen molar-refractivity contribution in [1.82, 2.24) is 0 Å². The van der Waals surface area contributed by atoms with Gasteiger partial charge < -0.3 is 0 Å². The van der Waals surface area contributed by atoms with Gasteiger partial charge in [-0.1, -0.05) is 121 Å². The first-order valence-corrected chi connectivity index (χ1v) is 9.80. The molecule has 0 radical (unpaired) electrons. The molecule has 0 spiro atoms. The van der Waals surface area contributed by atoms with Crippen molar-refractivity contribution >= 4 is 17.1 Å². The Hall–Kier alpha value is -4.04. The van der Waals surface area contributed by atoms with Gasteiger partial charge in [0.05, 0.1) is 5.57 Å². The highest BCUT2D eigenvalue weighted by atomic mass is 16.1. The van der Waals surface area contributed by atoms with Crippen molar-refractivity contribution in [3.05, 3.63) is 149 Å². The standard InChI is InChI=1S/C28H20O2/c29-27(23-17-9-3-10-18-23)26(28(30)24-19-11-4-12-20-24)25(21-13-5-1-6-14-21)22-15-7-2-8-16-22/h1-20H. The van der Waals surface area contributed by atoms with Gasteiger partial charge in [-0.25, -0.2) is 0 Å². The highest BCUT2D eigenvalue weighted by Crippen LogP contribution is 2.31. The predicted molar refractivity (Wildman–Crippen MR) is 120 cm³/mol. The summed E-state index contributed by atoms with van der Waals surface area (Å²) in [6, 6.07) is 37.1. The van der Waals surface area contributed by atoms with E-state index in [4.69, 9.17) is 0 Å². The van der Waals surface area contributed by atoms with Crippen LogP contribution in [0.15, 0.2) is 127 Å². The van der Waals surface area contributed by atoms with E-state index in [0.717, 1.165) is 11.1 Å². The molecular weight excluding hydrogens is 368 g/mol. The SMILES string of the molecule is O=C(C(C(=O)c1ccccc1)=C(c1ccccc1)c1ccccc1)c1ccccc1. The van der Waals surface area contributed by atoms with Crippen molar-refractivity contribution in [2.75, 3.05) is 0 Å². The first-order chi connectivity index (χ1) is 14.8. The molecule has 0 aromatic heterocycles. The van der Waals surface area contributed by atoms with Crippen LogP contribution in [0.4, 0.5) is 0 Å². The maximum Gasteiger partial charge on any atom is 0.197 e. The third-order valence-electron chi connectivity index (χ3n) is 4.90. The van der Waals surface area contributed by atoms with E-state index in [1.807, 2.05) is 97.1 Å². The van der Waals surface area contributed by atoms with E-state index in [1.54, 1.807) is 24.3 Å². The van der Waals surface area contributed by atoms with Gasteiger partial charge >= 0.3 is 0 Å². The van der Waals surface area contributed by atoms with E-state index in [-0.39, 0.29) is 17.1 Å². The molecule has 2 nitrogen and oxygen atoms in total. The van der Waals surface area contributed by atoms with Crippen molar-refractivity contribution in [1.29, 1.82) is 0 Å². The number of ketones is 2. The summed E-state index contributed by atoms with van der Waals surface area (Å²) < 4.78 is 0. The van der Waals surface area contributed by atoms with Crippen molar-refractivity contribution in [3.63, 3.8) is 0 Å². The van der Waals surface area contributed by atoms with Crippen LogP contribution < -0.4 is 0 Å². The van der Waals surface area contributed by atoms with Crippen LogP contribution in [0, 0.1) is 0 Å². The monoisotopic (exact) mass is 388 g/mol. The zero-order chi connectivity index (χ0) is 20.8. The van der Waals surface area contributed by atoms with Crippen molar-refractivity contribution in [3.8, 4) is 0 Å². The van der Waals surface area contributed by atoms with Crippen molar-refractivity contribution in [2.45, 2.75) is 0 Å². The molecule has 0 N–H and O–H groups in total. The second-order valence-corrected chi connectivity index (χ2v) is 6.87. The molecule has 0 atom stereocenters. The van der Waals surface area contributed by atoms with Crippen LogP contribution in [0.2, 0.25) is 0 Å². The molecule has 4 aromatic carbocycles. The fraction of sp³-hybridized carbons (Fsp3) is 0. The summed E-state index contributed by atoms with van der Waals surface area (Å²) in [6.45, 7) is 0. The molecule has 2 heteroatoms. The molecule has 30 heavy (non-hydrogen) atoms. The first-order valence-electron chi connectivity index (χ1n) is 9.80. The number of Topliss-reactive ketones (excluding diaryl/α,β-unsaturated/α-hetero) is 2. The van der Waals surface area contributed by atoms with E-state index in [9.17, 15) is 9.59 Å². The highest BCUT2D eigenvalue weighted by Gasteiger charge is 2.26. The third kappa shape index (κ3) is 4.03. The summed E-state index contributed by atoms with van der Waals surface area (Å²) in [5, 5.41) is 0. The summed E-state index contributed by atoms with van der Waals surface area (Å²) >= 11 is 0. The number of carbonyl (C=O) groups is 2. The Kier molecular flexibility index (Phi) is 5.77. The molecule has 0 aliphatic rings. The molecule has 0 saturated heterocycles. The van der Waals surface area contributed by atoms with Crippen molar-refractivity contribution < 1.29 is 9.59 Å². The largest absolute Gasteiger partial charge is 0.288 e. The van der Waals surface area contributed by atoms with Crippen LogP contribution in [-0.4, -0.2) is 11.6 Å². The number of carbonyl (C=O) groups excluding carboxylic acids is 2. The summed E-state index contributed by atoms with van der Waals surface area (Å²) in [4.78, 5) is 27.3. The Morgan fingerprint density at radius 3 is 0.933 bits per heavy atom. The zero-order valence-electron chi connectivity index (χ0n) is 16.4. The molecule has 4 aromatic rings. The Balaban J connectivity index is 2.03. The number of hydrogen-bond acceptors (Lipinski definition) is 2. The number of allylic oxidation sites excluding steroid dienone is 1. The van der Waals surface area contributed by atoms with Gasteiger partial charge in [0.25, 0.3) is 0 Å². The van der Waals surface area contributed by atoms with Crippen LogP contribution in [0.25, 0.3) is 5.57 Å². The average molecular weight is 388 g/mol. The summed E-state index contributed by atoms with van der Waals surface area (Å²) in [6.07, 6.45) is 0. The van der Waals surface area contributed by atoms with Crippen LogP contribution in [0.5, 0.6) is 0 Å². The Morgan fingerprint density at radius 2 is 0.633 bits per heavy atom. The van der Waals surface area contributed by atoms with Gasteiger partial charge in [0, 0.05) is 16.7 Å². The maximum absolute atomic E-state index is 13.7. The van der Waals surface area contributed by atoms with Crippen LogP contribution in [-0.2, 0) is 0 Å². The van der Waals surface area contributed by atoms with Crippen LogP contribution in [0.1, 0.15) is 31.8 Å². The minimum absolute atomic E-state index is 0.171. The molecule has 0 aliphatic heterocycles. The number of rotatable bonds is 6. The quantitative estimate of drug-likeness (QED) is 0.169. The number of benzene rings is 4. The highest BCUT2D eigenvalue weighted by molar-refractivity contribution is 6.35. The molecule has 0 fully saturated rings. The second kappa shape index (κ2) is 8.97. The van der Waals surface area contributed by atoms with Crippen LogP contribution >= 0.6 is 0 Å². The average Bonchev–Trinajstić information content (AvgIpc) is 2.84. The molecule has 144 valence electrons. The smallest absolute Gasteiger partial charge is 0.197 e. The lowest BCUT2D eigenvalue weighted by Crippen LogP contribution is -2.17. The second-order valence-electron chi connectivity index (χ2n) is 6.87. The summed E-state index contributed by atoms with van der Waals surface area (Å²) in [5.74, 6) is -0.570. The molecule has 0 bridgehead atoms. The van der Waals surface area contributed by atoms with Gasteiger partial charge in [-0.15, -0.1) is 0 Å². The zero-order valence-corrected chi connectivity index (χ0v) is 16.4. The Morgan fingerprint density at radius 1 is 0.367 bits per heavy atom. The van der Waals surface area contributed by atoms with E-state index in [2.05, 4.69) is 0 Å². The Labute approximate surface area is 176 Å². The maximum atomic E-state index is 13.7. The lowest BCUT2D eigenvalue weighted by atomic mass is 9.85. The molecule has 4 rings (SSSR count). The first kappa shape index (κ1) is 19.3. The number of hydrogen-bond donors (Lipinski definition) is 0. The van der Waals surface area contributed by atoms with E-state index in [1.165, 1.54) is 0 Å². The minimum atomic E-state index is -0.285. The minimum Gasteiger partial charge on any atom is -0.288 e. The van der Waals surface area contributed by atoms with E-state index in [0.29, 0.717) is 16.7 Å². The predicted octanol–water partition coefficient (Wildman–Crippen LogP) is 6.25. The molecule has 0 heterocycles. The van der Waals surface area contributed by atoms with Gasteiger partial charge in [0.15, 0.2) is 11.6 Å². The molecule has 0 unspecified atom stereocenters. The molecule has 0 amide bonds. The molecule has 0 aliphatic carbocycles. The van der Waals surface area contributed by atoms with Gasteiger partial charge in [-0.2, -0.15) is 0 Å². The van der Waals surface area contributed by atoms with Crippen LogP contribution in [0.3, 0.4) is 0 Å². The fourth-order valence-corrected chi connectivity index (χ4v) is 3.46. The fourth-order valence-electron chi connectivity index (χ4n) is 3.46. The topological polar surface area (TPSA) is 34.1 Å². The lowest BCUT2D eigenvalue weighted by molar-refractivity contribution is 0.0964. The summed E-state index contributed by atoms with van der Waals surface area (Å²) in [7, 11) is 0. The van der Waals surface area contributed by atoms with Gasteiger partial charge in [-0.05, 0) is 11.1 Å². The van der Waals surface area contributed by atoms with Gasteiger partial charge in [0.1, 0.15) is 0 Å². The van der Waals surface area contributed by atoms with Crippen molar-refractivity contribution in [2.24, 2.45) is 0 Å². The normalized spacial score (nSPS) is 10.3.